The highest BCUT2D eigenvalue weighted by atomic mass is 32.1. The van der Waals surface area contributed by atoms with E-state index in [1.807, 2.05) is 20.8 Å². The van der Waals surface area contributed by atoms with Crippen LogP contribution in [0.25, 0.3) is 23.1 Å². The van der Waals surface area contributed by atoms with Gasteiger partial charge in [-0.2, -0.15) is 13.7 Å². The van der Waals surface area contributed by atoms with Gasteiger partial charge in [0.05, 0.1) is 17.9 Å². The molecular formula is C11H11N5O2S. The van der Waals surface area contributed by atoms with E-state index < -0.39 is 0 Å². The molecule has 0 amide bonds. The van der Waals surface area contributed by atoms with Crippen LogP contribution >= 0.6 is 11.7 Å². The first kappa shape index (κ1) is 12.0. The van der Waals surface area contributed by atoms with Crippen molar-refractivity contribution in [1.29, 1.82) is 0 Å². The van der Waals surface area contributed by atoms with Gasteiger partial charge in [0, 0.05) is 5.41 Å². The highest BCUT2D eigenvalue weighted by Gasteiger charge is 2.22. The minimum atomic E-state index is -0.163. The fourth-order valence-corrected chi connectivity index (χ4v) is 1.82. The summed E-state index contributed by atoms with van der Waals surface area (Å²) in [7, 11) is 0. The molecule has 0 unspecified atom stereocenters. The summed E-state index contributed by atoms with van der Waals surface area (Å²) in [4.78, 5) is 8.58. The summed E-state index contributed by atoms with van der Waals surface area (Å²) in [5.74, 6) is 1.33. The molecule has 98 valence electrons. The molecule has 0 saturated heterocycles. The lowest BCUT2D eigenvalue weighted by molar-refractivity contribution is 0.392. The van der Waals surface area contributed by atoms with Crippen LogP contribution in [0.2, 0.25) is 0 Å². The lowest BCUT2D eigenvalue weighted by Gasteiger charge is -2.11. The Balaban J connectivity index is 1.93. The summed E-state index contributed by atoms with van der Waals surface area (Å²) in [5.41, 5.74) is 0.940. The van der Waals surface area contributed by atoms with E-state index >= 15 is 0 Å². The molecule has 0 atom stereocenters. The van der Waals surface area contributed by atoms with E-state index in [0.717, 1.165) is 11.7 Å². The summed E-state index contributed by atoms with van der Waals surface area (Å²) in [6, 6.07) is 0. The molecule has 3 rings (SSSR count). The minimum Gasteiger partial charge on any atom is -0.448 e. The Morgan fingerprint density at radius 1 is 1.16 bits per heavy atom. The van der Waals surface area contributed by atoms with E-state index in [1.54, 1.807) is 6.20 Å². The Bertz CT molecular complexity index is 680. The van der Waals surface area contributed by atoms with Gasteiger partial charge in [-0.3, -0.25) is 0 Å². The number of hydrogen-bond donors (Lipinski definition) is 0. The molecule has 19 heavy (non-hydrogen) atoms. The van der Waals surface area contributed by atoms with Crippen molar-refractivity contribution in [3.8, 4) is 23.1 Å². The molecule has 3 heterocycles. The zero-order chi connectivity index (χ0) is 13.5. The topological polar surface area (TPSA) is 90.7 Å². The van der Waals surface area contributed by atoms with E-state index in [-0.39, 0.29) is 5.41 Å². The molecular weight excluding hydrogens is 266 g/mol. The third kappa shape index (κ3) is 2.26. The molecule has 7 nitrogen and oxygen atoms in total. The Labute approximate surface area is 113 Å². The van der Waals surface area contributed by atoms with Crippen molar-refractivity contribution in [3.63, 3.8) is 0 Å². The van der Waals surface area contributed by atoms with Crippen molar-refractivity contribution in [3.05, 3.63) is 18.4 Å². The van der Waals surface area contributed by atoms with Crippen LogP contribution in [0, 0.1) is 0 Å². The Morgan fingerprint density at radius 3 is 2.63 bits per heavy atom. The summed E-state index contributed by atoms with van der Waals surface area (Å²) < 4.78 is 18.5. The van der Waals surface area contributed by atoms with E-state index in [0.29, 0.717) is 29.0 Å². The van der Waals surface area contributed by atoms with Crippen molar-refractivity contribution in [2.75, 3.05) is 0 Å². The van der Waals surface area contributed by atoms with E-state index in [2.05, 4.69) is 23.9 Å². The first-order valence-corrected chi connectivity index (χ1v) is 6.35. The first-order chi connectivity index (χ1) is 9.04. The number of aromatic nitrogens is 5. The zero-order valence-electron chi connectivity index (χ0n) is 10.6. The second-order valence-electron chi connectivity index (χ2n) is 5.00. The van der Waals surface area contributed by atoms with Gasteiger partial charge in [-0.05, 0) is 0 Å². The molecule has 0 aliphatic carbocycles. The van der Waals surface area contributed by atoms with Crippen LogP contribution in [0.4, 0.5) is 0 Å². The lowest BCUT2D eigenvalue weighted by atomic mass is 9.97. The Hall–Kier alpha value is -2.09. The van der Waals surface area contributed by atoms with Gasteiger partial charge >= 0.3 is 0 Å². The van der Waals surface area contributed by atoms with Crippen LogP contribution in [-0.4, -0.2) is 23.9 Å². The van der Waals surface area contributed by atoms with Gasteiger partial charge < -0.3 is 8.94 Å². The van der Waals surface area contributed by atoms with Crippen molar-refractivity contribution >= 4 is 11.7 Å². The standard InChI is InChI=1S/C11H11N5O2S/c1-11(2,3)10-13-7(5-17-10)8-14-9(18-15-8)6-4-12-19-16-6/h4-5H,1-3H3. The number of oxazole rings is 1. The van der Waals surface area contributed by atoms with Crippen molar-refractivity contribution in [2.24, 2.45) is 0 Å². The Kier molecular flexibility index (Phi) is 2.67. The first-order valence-electron chi connectivity index (χ1n) is 5.62. The van der Waals surface area contributed by atoms with Gasteiger partial charge in [0.1, 0.15) is 6.26 Å². The van der Waals surface area contributed by atoms with Crippen LogP contribution in [0.15, 0.2) is 21.4 Å². The highest BCUT2D eigenvalue weighted by molar-refractivity contribution is 6.99. The smallest absolute Gasteiger partial charge is 0.279 e. The predicted molar refractivity (Wildman–Crippen MR) is 67.4 cm³/mol. The lowest BCUT2D eigenvalue weighted by Crippen LogP contribution is -2.11. The highest BCUT2D eigenvalue weighted by Crippen LogP contribution is 2.25. The Morgan fingerprint density at radius 2 is 2.00 bits per heavy atom. The number of hydrogen-bond acceptors (Lipinski definition) is 8. The van der Waals surface area contributed by atoms with Crippen LogP contribution < -0.4 is 0 Å². The maximum absolute atomic E-state index is 5.42. The van der Waals surface area contributed by atoms with Crippen LogP contribution in [0.3, 0.4) is 0 Å². The fourth-order valence-electron chi connectivity index (χ4n) is 1.41. The second-order valence-corrected chi connectivity index (χ2v) is 5.56. The summed E-state index contributed by atoms with van der Waals surface area (Å²) in [5, 5.41) is 3.87. The summed E-state index contributed by atoms with van der Waals surface area (Å²) >= 11 is 1.09. The summed E-state index contributed by atoms with van der Waals surface area (Å²) in [6.07, 6.45) is 3.10. The van der Waals surface area contributed by atoms with Crippen molar-refractivity contribution in [2.45, 2.75) is 26.2 Å². The molecule has 0 saturated carbocycles. The second kappa shape index (κ2) is 4.23. The molecule has 0 radical (unpaired) electrons. The third-order valence-corrected chi connectivity index (χ3v) is 2.86. The van der Waals surface area contributed by atoms with Crippen LogP contribution in [0.1, 0.15) is 26.7 Å². The van der Waals surface area contributed by atoms with Crippen molar-refractivity contribution in [1.82, 2.24) is 23.9 Å². The molecule has 0 aromatic carbocycles. The molecule has 3 aromatic rings. The third-order valence-electron chi connectivity index (χ3n) is 2.38. The van der Waals surface area contributed by atoms with Gasteiger partial charge in [-0.1, -0.05) is 25.9 Å². The molecule has 3 aromatic heterocycles. The minimum absolute atomic E-state index is 0.163. The van der Waals surface area contributed by atoms with Crippen LogP contribution in [0.5, 0.6) is 0 Å². The quantitative estimate of drug-likeness (QED) is 0.710. The monoisotopic (exact) mass is 277 g/mol. The van der Waals surface area contributed by atoms with Gasteiger partial charge in [0.25, 0.3) is 5.89 Å². The zero-order valence-corrected chi connectivity index (χ0v) is 11.4. The molecule has 0 fully saturated rings. The molecule has 0 aliphatic rings. The van der Waals surface area contributed by atoms with Gasteiger partial charge in [0.2, 0.25) is 5.82 Å². The molecule has 0 spiro atoms. The largest absolute Gasteiger partial charge is 0.448 e. The number of rotatable bonds is 2. The van der Waals surface area contributed by atoms with E-state index in [1.165, 1.54) is 6.26 Å². The maximum atomic E-state index is 5.42. The molecule has 0 aliphatic heterocycles. The maximum Gasteiger partial charge on any atom is 0.279 e. The van der Waals surface area contributed by atoms with Gasteiger partial charge in [0.15, 0.2) is 17.3 Å². The van der Waals surface area contributed by atoms with Crippen molar-refractivity contribution < 1.29 is 8.94 Å². The number of nitrogens with zero attached hydrogens (tertiary/aromatic N) is 5. The molecule has 0 N–H and O–H groups in total. The summed E-state index contributed by atoms with van der Waals surface area (Å²) in [6.45, 7) is 6.06. The predicted octanol–water partition coefficient (Wildman–Crippen LogP) is 2.54. The van der Waals surface area contributed by atoms with Gasteiger partial charge in [-0.25, -0.2) is 4.98 Å². The fraction of sp³-hybridized carbons (Fsp3) is 0.364. The normalized spacial score (nSPS) is 11.9. The average Bonchev–Trinajstić information content (AvgIpc) is 3.10. The SMILES string of the molecule is CC(C)(C)c1nc(-c2noc(-c3cnsn3)n2)co1. The average molecular weight is 277 g/mol. The molecule has 0 bridgehead atoms. The van der Waals surface area contributed by atoms with E-state index in [4.69, 9.17) is 8.94 Å². The molecule has 8 heteroatoms. The van der Waals surface area contributed by atoms with E-state index in [9.17, 15) is 0 Å². The van der Waals surface area contributed by atoms with Crippen LogP contribution in [-0.2, 0) is 5.41 Å². The van der Waals surface area contributed by atoms with Gasteiger partial charge in [-0.15, -0.1) is 0 Å².